The Kier molecular flexibility index (Phi) is 7.86. The number of fused-ring (bicyclic) bond motifs is 1. The Morgan fingerprint density at radius 3 is 2.38 bits per heavy atom. The molecular formula is C19H25F3N2O5. The van der Waals surface area contributed by atoms with Gasteiger partial charge in [0.1, 0.15) is 11.9 Å². The van der Waals surface area contributed by atoms with E-state index in [2.05, 4.69) is 22.3 Å². The van der Waals surface area contributed by atoms with E-state index in [0.717, 1.165) is 38.1 Å². The molecule has 162 valence electrons. The molecule has 2 N–H and O–H groups in total. The van der Waals surface area contributed by atoms with Crippen molar-refractivity contribution in [3.05, 3.63) is 29.8 Å². The van der Waals surface area contributed by atoms with Gasteiger partial charge in [0.15, 0.2) is 0 Å². The maximum absolute atomic E-state index is 11.7. The standard InChI is InChI=1S/C17H24N2O3.C2HF3O2/c1-18-17(20)16-8-7-14-15(22-16)9-10-19(14)11-12-3-5-13(21-2)6-4-12;3-2(4,5)1(6)7/h3-6,14-16H,7-11H2,1-2H3,(H,18,20);(H,6,7)/t14-,15-,16-;/m1./s1. The predicted octanol–water partition coefficient (Wildman–Crippen LogP) is 2.20. The first kappa shape index (κ1) is 23.0. The number of nitrogens with one attached hydrogen (secondary N) is 1. The Bertz CT molecular complexity index is 696. The fourth-order valence-electron chi connectivity index (χ4n) is 3.53. The minimum absolute atomic E-state index is 0.00653. The summed E-state index contributed by atoms with van der Waals surface area (Å²) in [6, 6.07) is 8.67. The molecule has 1 aromatic rings. The van der Waals surface area contributed by atoms with Crippen molar-refractivity contribution in [2.75, 3.05) is 20.7 Å². The molecule has 1 amide bonds. The lowest BCUT2D eigenvalue weighted by Crippen LogP contribution is -2.47. The van der Waals surface area contributed by atoms with Crippen LogP contribution in [0.3, 0.4) is 0 Å². The van der Waals surface area contributed by atoms with Crippen molar-refractivity contribution in [3.63, 3.8) is 0 Å². The third-order valence-corrected chi connectivity index (χ3v) is 4.99. The molecule has 29 heavy (non-hydrogen) atoms. The Morgan fingerprint density at radius 2 is 1.86 bits per heavy atom. The minimum atomic E-state index is -5.08. The largest absolute Gasteiger partial charge is 0.497 e. The van der Waals surface area contributed by atoms with Gasteiger partial charge >= 0.3 is 12.1 Å². The van der Waals surface area contributed by atoms with Gasteiger partial charge in [-0.25, -0.2) is 4.79 Å². The summed E-state index contributed by atoms with van der Waals surface area (Å²) in [7, 11) is 3.35. The molecular weight excluding hydrogens is 393 g/mol. The molecule has 2 fully saturated rings. The third kappa shape index (κ3) is 6.33. The zero-order valence-electron chi connectivity index (χ0n) is 16.2. The molecule has 0 unspecified atom stereocenters. The number of nitrogens with zero attached hydrogens (tertiary/aromatic N) is 1. The molecule has 2 heterocycles. The molecule has 1 aromatic carbocycles. The summed E-state index contributed by atoms with van der Waals surface area (Å²) < 4.78 is 42.9. The molecule has 0 spiro atoms. The fraction of sp³-hybridized carbons (Fsp3) is 0.579. The highest BCUT2D eigenvalue weighted by molar-refractivity contribution is 5.80. The number of carboxylic acid groups (broad SMARTS) is 1. The molecule has 0 bridgehead atoms. The molecule has 3 rings (SSSR count). The predicted molar refractivity (Wildman–Crippen MR) is 97.5 cm³/mol. The van der Waals surface area contributed by atoms with Gasteiger partial charge in [-0.1, -0.05) is 12.1 Å². The topological polar surface area (TPSA) is 88.1 Å². The number of carboxylic acids is 1. The number of rotatable bonds is 4. The maximum Gasteiger partial charge on any atom is 0.490 e. The van der Waals surface area contributed by atoms with Crippen LogP contribution >= 0.6 is 0 Å². The summed E-state index contributed by atoms with van der Waals surface area (Å²) >= 11 is 0. The summed E-state index contributed by atoms with van der Waals surface area (Å²) in [4.78, 5) is 23.1. The van der Waals surface area contributed by atoms with Crippen LogP contribution in [-0.2, 0) is 20.9 Å². The van der Waals surface area contributed by atoms with Gasteiger partial charge in [-0.05, 0) is 37.0 Å². The highest BCUT2D eigenvalue weighted by Crippen LogP contribution is 2.32. The highest BCUT2D eigenvalue weighted by Gasteiger charge is 2.41. The number of benzene rings is 1. The monoisotopic (exact) mass is 418 g/mol. The van der Waals surface area contributed by atoms with Crippen LogP contribution in [0, 0.1) is 0 Å². The summed E-state index contributed by atoms with van der Waals surface area (Å²) in [6.07, 6.45) is -2.32. The Morgan fingerprint density at radius 1 is 1.24 bits per heavy atom. The Labute approximate surface area is 166 Å². The minimum Gasteiger partial charge on any atom is -0.497 e. The van der Waals surface area contributed by atoms with Crippen molar-refractivity contribution in [1.82, 2.24) is 10.2 Å². The lowest BCUT2D eigenvalue weighted by Gasteiger charge is -2.35. The molecule has 2 aliphatic heterocycles. The van der Waals surface area contributed by atoms with Crippen LogP contribution in [0.25, 0.3) is 0 Å². The number of likely N-dealkylation sites (tertiary alicyclic amines) is 1. The number of aliphatic carboxylic acids is 1. The lowest BCUT2D eigenvalue weighted by atomic mass is 9.98. The lowest BCUT2D eigenvalue weighted by molar-refractivity contribution is -0.192. The van der Waals surface area contributed by atoms with Gasteiger partial charge in [-0.2, -0.15) is 13.2 Å². The second kappa shape index (κ2) is 9.93. The molecule has 2 aliphatic rings. The van der Waals surface area contributed by atoms with Crippen LogP contribution in [-0.4, -0.2) is 67.0 Å². The first-order valence-electron chi connectivity index (χ1n) is 9.19. The molecule has 2 saturated heterocycles. The quantitative estimate of drug-likeness (QED) is 0.780. The number of carbonyl (C=O) groups excluding carboxylic acids is 1. The van der Waals surface area contributed by atoms with E-state index in [0.29, 0.717) is 6.04 Å². The van der Waals surface area contributed by atoms with Crippen LogP contribution in [0.4, 0.5) is 13.2 Å². The van der Waals surface area contributed by atoms with Crippen molar-refractivity contribution in [1.29, 1.82) is 0 Å². The molecule has 0 aromatic heterocycles. The van der Waals surface area contributed by atoms with Crippen LogP contribution < -0.4 is 10.1 Å². The second-order valence-corrected chi connectivity index (χ2v) is 6.83. The van der Waals surface area contributed by atoms with Crippen molar-refractivity contribution in [3.8, 4) is 5.75 Å². The van der Waals surface area contributed by atoms with E-state index < -0.39 is 12.1 Å². The number of carbonyl (C=O) groups is 2. The summed E-state index contributed by atoms with van der Waals surface area (Å²) in [5, 5.41) is 9.81. The van der Waals surface area contributed by atoms with Gasteiger partial charge in [0.25, 0.3) is 0 Å². The highest BCUT2D eigenvalue weighted by atomic mass is 19.4. The number of ether oxygens (including phenoxy) is 2. The molecule has 3 atom stereocenters. The van der Waals surface area contributed by atoms with E-state index >= 15 is 0 Å². The van der Waals surface area contributed by atoms with Gasteiger partial charge in [0, 0.05) is 26.2 Å². The van der Waals surface area contributed by atoms with E-state index in [-0.39, 0.29) is 18.1 Å². The van der Waals surface area contributed by atoms with Crippen molar-refractivity contribution < 1.29 is 37.3 Å². The SMILES string of the molecule is CNC(=O)[C@H]1CC[C@@H]2[C@@H](CCN2Cc2ccc(OC)cc2)O1.O=C(O)C(F)(F)F. The van der Waals surface area contributed by atoms with E-state index in [9.17, 15) is 18.0 Å². The maximum atomic E-state index is 11.7. The molecule has 0 radical (unpaired) electrons. The zero-order valence-corrected chi connectivity index (χ0v) is 16.2. The normalized spacial score (nSPS) is 24.1. The summed E-state index contributed by atoms with van der Waals surface area (Å²) in [5.41, 5.74) is 1.29. The number of likely N-dealkylation sites (N-methyl/N-ethyl adjacent to an activating group) is 1. The third-order valence-electron chi connectivity index (χ3n) is 4.99. The Balaban J connectivity index is 0.000000370. The molecule has 0 aliphatic carbocycles. The number of halogens is 3. The number of alkyl halides is 3. The Hall–Kier alpha value is -2.33. The van der Waals surface area contributed by atoms with Gasteiger partial charge in [0.2, 0.25) is 5.91 Å². The number of hydrogen-bond donors (Lipinski definition) is 2. The summed E-state index contributed by atoms with van der Waals surface area (Å²) in [5.74, 6) is -1.86. The first-order valence-corrected chi connectivity index (χ1v) is 9.19. The van der Waals surface area contributed by atoms with Crippen molar-refractivity contribution in [2.45, 2.75) is 50.2 Å². The fourth-order valence-corrected chi connectivity index (χ4v) is 3.53. The van der Waals surface area contributed by atoms with Crippen LogP contribution in [0.5, 0.6) is 5.75 Å². The van der Waals surface area contributed by atoms with Crippen LogP contribution in [0.15, 0.2) is 24.3 Å². The number of hydrogen-bond acceptors (Lipinski definition) is 5. The zero-order chi connectivity index (χ0) is 21.6. The molecule has 0 saturated carbocycles. The van der Waals surface area contributed by atoms with E-state index in [4.69, 9.17) is 19.4 Å². The number of methoxy groups -OCH3 is 1. The van der Waals surface area contributed by atoms with E-state index in [1.807, 2.05) is 12.1 Å². The van der Waals surface area contributed by atoms with Crippen molar-refractivity contribution >= 4 is 11.9 Å². The van der Waals surface area contributed by atoms with E-state index in [1.54, 1.807) is 14.2 Å². The van der Waals surface area contributed by atoms with Gasteiger partial charge in [-0.3, -0.25) is 9.69 Å². The van der Waals surface area contributed by atoms with Crippen molar-refractivity contribution in [2.24, 2.45) is 0 Å². The number of amides is 1. The average Bonchev–Trinajstić information content (AvgIpc) is 3.09. The summed E-state index contributed by atoms with van der Waals surface area (Å²) in [6.45, 7) is 1.96. The smallest absolute Gasteiger partial charge is 0.490 e. The first-order chi connectivity index (χ1) is 13.7. The van der Waals surface area contributed by atoms with Gasteiger partial charge in [0.05, 0.1) is 13.2 Å². The molecule has 10 heteroatoms. The second-order valence-electron chi connectivity index (χ2n) is 6.83. The van der Waals surface area contributed by atoms with Gasteiger partial charge < -0.3 is 19.9 Å². The van der Waals surface area contributed by atoms with E-state index in [1.165, 1.54) is 5.56 Å². The van der Waals surface area contributed by atoms with Crippen LogP contribution in [0.1, 0.15) is 24.8 Å². The average molecular weight is 418 g/mol. The van der Waals surface area contributed by atoms with Crippen LogP contribution in [0.2, 0.25) is 0 Å². The molecule has 7 nitrogen and oxygen atoms in total. The van der Waals surface area contributed by atoms with Gasteiger partial charge in [-0.15, -0.1) is 0 Å².